The second kappa shape index (κ2) is 13.3. The van der Waals surface area contributed by atoms with Crippen molar-refractivity contribution in [2.75, 3.05) is 9.80 Å². The first-order valence-electron chi connectivity index (χ1n) is 15.1. The summed E-state index contributed by atoms with van der Waals surface area (Å²) < 4.78 is 75.7. The first-order valence-corrected chi connectivity index (χ1v) is 16.5. The maximum Gasteiger partial charge on any atom is 0.534 e. The molecule has 0 N–H and O–H groups in total. The molecule has 0 spiro atoms. The van der Waals surface area contributed by atoms with Gasteiger partial charge in [-0.1, -0.05) is 72.8 Å². The van der Waals surface area contributed by atoms with E-state index in [1.54, 1.807) is 12.1 Å². The van der Waals surface area contributed by atoms with Gasteiger partial charge in [-0.3, -0.25) is 0 Å². The lowest BCUT2D eigenvalue weighted by atomic mass is 10.1. The number of fused-ring (bicyclic) bond motifs is 3. The zero-order valence-electron chi connectivity index (χ0n) is 25.8. The summed E-state index contributed by atoms with van der Waals surface area (Å²) in [5.41, 5.74) is -1.33. The molecule has 6 nitrogen and oxygen atoms in total. The highest BCUT2D eigenvalue weighted by molar-refractivity contribution is 7.88. The summed E-state index contributed by atoms with van der Waals surface area (Å²) in [7, 11) is -5.96. The summed E-state index contributed by atoms with van der Waals surface area (Å²) in [4.78, 5) is 3.88. The lowest BCUT2D eigenvalue weighted by Crippen LogP contribution is -2.31. The van der Waals surface area contributed by atoms with E-state index in [2.05, 4.69) is 10.8 Å². The third kappa shape index (κ3) is 6.39. The molecule has 0 amide bonds. The maximum atomic E-state index is 13.5. The SMILES string of the molecule is C=CCC(/C=C\C)N(c1ccccc1)c1ccc(OS(=O)(=O)C(F)(F)F)cc1N(c1ccccc1)c1ccc2c(c1)oc1ccccc12. The second-order valence-corrected chi connectivity index (χ2v) is 12.4. The second-order valence-electron chi connectivity index (χ2n) is 10.9. The van der Waals surface area contributed by atoms with Crippen LogP contribution in [0.2, 0.25) is 0 Å². The lowest BCUT2D eigenvalue weighted by molar-refractivity contribution is -0.0500. The maximum absolute atomic E-state index is 13.5. The van der Waals surface area contributed by atoms with Crippen molar-refractivity contribution in [2.24, 2.45) is 0 Å². The summed E-state index contributed by atoms with van der Waals surface area (Å²) in [5, 5.41) is 1.83. The molecule has 244 valence electrons. The number of halogens is 3. The fourth-order valence-corrected chi connectivity index (χ4v) is 6.18. The first kappa shape index (κ1) is 32.5. The van der Waals surface area contributed by atoms with E-state index in [1.165, 1.54) is 12.1 Å². The minimum absolute atomic E-state index is 0.269. The van der Waals surface area contributed by atoms with Crippen LogP contribution >= 0.6 is 0 Å². The highest BCUT2D eigenvalue weighted by Crippen LogP contribution is 2.47. The van der Waals surface area contributed by atoms with Crippen LogP contribution in [0, 0.1) is 0 Å². The van der Waals surface area contributed by atoms with Crippen LogP contribution in [-0.2, 0) is 10.1 Å². The fourth-order valence-electron chi connectivity index (χ4n) is 5.73. The van der Waals surface area contributed by atoms with Gasteiger partial charge in [-0.2, -0.15) is 21.6 Å². The largest absolute Gasteiger partial charge is 0.534 e. The Bertz CT molecular complexity index is 2200. The number of hydrogen-bond donors (Lipinski definition) is 0. The van der Waals surface area contributed by atoms with E-state index in [1.807, 2.05) is 132 Å². The topological polar surface area (TPSA) is 63.0 Å². The van der Waals surface area contributed by atoms with Crippen molar-refractivity contribution in [1.82, 2.24) is 0 Å². The molecule has 1 heterocycles. The predicted octanol–water partition coefficient (Wildman–Crippen LogP) is 10.9. The van der Waals surface area contributed by atoms with Gasteiger partial charge in [0, 0.05) is 40.0 Å². The standard InChI is InChI=1S/C38H31F3N2O4S/c1-3-13-27(14-4-2)42(28-15-7-5-8-16-28)34-24-22-31(47-48(44,45)38(39,40)41)26-35(34)43(29-17-9-6-10-18-29)30-21-23-33-32-19-11-12-20-36(32)46-37(33)25-30/h3-12,14-27H,1,13H2,2H3/b14-4-. The molecule has 0 saturated carbocycles. The Labute approximate surface area is 276 Å². The number of anilines is 5. The van der Waals surface area contributed by atoms with Gasteiger partial charge in [0.1, 0.15) is 16.9 Å². The zero-order chi connectivity index (χ0) is 33.9. The van der Waals surface area contributed by atoms with Crippen LogP contribution in [0.3, 0.4) is 0 Å². The van der Waals surface area contributed by atoms with Crippen LogP contribution in [0.25, 0.3) is 21.9 Å². The van der Waals surface area contributed by atoms with E-state index in [0.717, 1.165) is 16.5 Å². The van der Waals surface area contributed by atoms with Crippen LogP contribution < -0.4 is 14.0 Å². The number of alkyl halides is 3. The Hall–Kier alpha value is -5.48. The number of benzene rings is 5. The molecule has 5 aromatic carbocycles. The molecule has 10 heteroatoms. The summed E-state index contributed by atoms with van der Waals surface area (Å²) >= 11 is 0. The number of hydrogen-bond acceptors (Lipinski definition) is 6. The van der Waals surface area contributed by atoms with Crippen LogP contribution in [0.1, 0.15) is 13.3 Å². The normalized spacial score (nSPS) is 12.8. The van der Waals surface area contributed by atoms with Gasteiger partial charge >= 0.3 is 15.6 Å². The Morgan fingerprint density at radius 1 is 0.771 bits per heavy atom. The monoisotopic (exact) mass is 668 g/mol. The van der Waals surface area contributed by atoms with Crippen molar-refractivity contribution in [3.05, 3.63) is 146 Å². The molecule has 48 heavy (non-hydrogen) atoms. The van der Waals surface area contributed by atoms with E-state index in [9.17, 15) is 21.6 Å². The molecule has 0 fully saturated rings. The van der Waals surface area contributed by atoms with Gasteiger partial charge in [-0.25, -0.2) is 0 Å². The highest BCUT2D eigenvalue weighted by atomic mass is 32.2. The summed E-state index contributed by atoms with van der Waals surface area (Å²) in [6.45, 7) is 5.86. The van der Waals surface area contributed by atoms with E-state index in [0.29, 0.717) is 40.3 Å². The predicted molar refractivity (Wildman–Crippen MR) is 186 cm³/mol. The van der Waals surface area contributed by atoms with Crippen molar-refractivity contribution >= 4 is 60.5 Å². The first-order chi connectivity index (χ1) is 23.1. The van der Waals surface area contributed by atoms with Crippen LogP contribution in [0.5, 0.6) is 5.75 Å². The van der Waals surface area contributed by atoms with E-state index < -0.39 is 21.4 Å². The van der Waals surface area contributed by atoms with Crippen molar-refractivity contribution in [2.45, 2.75) is 24.9 Å². The Morgan fingerprint density at radius 2 is 1.42 bits per heavy atom. The van der Waals surface area contributed by atoms with Gasteiger partial charge in [0.05, 0.1) is 17.4 Å². The Morgan fingerprint density at radius 3 is 2.08 bits per heavy atom. The molecule has 0 radical (unpaired) electrons. The fraction of sp³-hybridized carbons (Fsp3) is 0.105. The van der Waals surface area contributed by atoms with Crippen LogP contribution in [-0.4, -0.2) is 20.0 Å². The van der Waals surface area contributed by atoms with Gasteiger partial charge in [0.15, 0.2) is 0 Å². The molecule has 0 saturated heterocycles. The van der Waals surface area contributed by atoms with E-state index in [4.69, 9.17) is 4.42 Å². The third-order valence-electron chi connectivity index (χ3n) is 7.76. The smallest absolute Gasteiger partial charge is 0.456 e. The highest BCUT2D eigenvalue weighted by Gasteiger charge is 2.48. The third-order valence-corrected chi connectivity index (χ3v) is 8.74. The average molecular weight is 669 g/mol. The van der Waals surface area contributed by atoms with Crippen molar-refractivity contribution in [3.63, 3.8) is 0 Å². The Kier molecular flexibility index (Phi) is 9.01. The average Bonchev–Trinajstić information content (AvgIpc) is 3.44. The summed E-state index contributed by atoms with van der Waals surface area (Å²) in [6, 6.07) is 35.9. The molecule has 1 aromatic heterocycles. The van der Waals surface area contributed by atoms with E-state index >= 15 is 0 Å². The lowest BCUT2D eigenvalue weighted by Gasteiger charge is -2.36. The van der Waals surface area contributed by atoms with Gasteiger partial charge < -0.3 is 18.4 Å². The van der Waals surface area contributed by atoms with Crippen molar-refractivity contribution < 1.29 is 30.2 Å². The van der Waals surface area contributed by atoms with Crippen LogP contribution in [0.4, 0.5) is 41.6 Å². The molecule has 6 aromatic rings. The minimum Gasteiger partial charge on any atom is -0.456 e. The molecule has 0 bridgehead atoms. The van der Waals surface area contributed by atoms with E-state index in [-0.39, 0.29) is 6.04 Å². The Balaban J connectivity index is 1.65. The molecular weight excluding hydrogens is 637 g/mol. The van der Waals surface area contributed by atoms with Crippen molar-refractivity contribution in [3.8, 4) is 5.75 Å². The summed E-state index contributed by atoms with van der Waals surface area (Å²) in [5.74, 6) is -0.504. The van der Waals surface area contributed by atoms with Gasteiger partial charge in [0.2, 0.25) is 0 Å². The summed E-state index contributed by atoms with van der Waals surface area (Å²) in [6.07, 6.45) is 6.24. The number of nitrogens with zero attached hydrogens (tertiary/aromatic N) is 2. The number of allylic oxidation sites excluding steroid dienone is 1. The zero-order valence-corrected chi connectivity index (χ0v) is 26.7. The molecule has 0 aliphatic rings. The molecule has 1 atom stereocenters. The number of para-hydroxylation sites is 3. The molecule has 6 rings (SSSR count). The van der Waals surface area contributed by atoms with Gasteiger partial charge in [0.25, 0.3) is 0 Å². The minimum atomic E-state index is -5.96. The van der Waals surface area contributed by atoms with Crippen molar-refractivity contribution in [1.29, 1.82) is 0 Å². The quantitative estimate of drug-likeness (QED) is 0.0778. The molecular formula is C38H31F3N2O4S. The molecule has 0 aliphatic carbocycles. The van der Waals surface area contributed by atoms with Gasteiger partial charge in [-0.05, 0) is 67.9 Å². The number of rotatable bonds is 11. The van der Waals surface area contributed by atoms with Gasteiger partial charge in [-0.15, -0.1) is 6.58 Å². The number of furan rings is 1. The molecule has 0 aliphatic heterocycles. The molecule has 1 unspecified atom stereocenters. The van der Waals surface area contributed by atoms with Crippen LogP contribution in [0.15, 0.2) is 151 Å².